The van der Waals surface area contributed by atoms with Gasteiger partial charge in [0.25, 0.3) is 0 Å². The zero-order valence-electron chi connectivity index (χ0n) is 13.7. The fourth-order valence-electron chi connectivity index (χ4n) is 2.76. The van der Waals surface area contributed by atoms with E-state index < -0.39 is 0 Å². The molecule has 0 saturated carbocycles. The molecule has 0 saturated heterocycles. The number of hydrogen-bond donors (Lipinski definition) is 0. The maximum absolute atomic E-state index is 12.0. The summed E-state index contributed by atoms with van der Waals surface area (Å²) in [5.74, 6) is 6.11. The van der Waals surface area contributed by atoms with Crippen molar-refractivity contribution in [3.63, 3.8) is 0 Å². The first-order valence-corrected chi connectivity index (χ1v) is 8.43. The molecule has 0 fully saturated rings. The lowest BCUT2D eigenvalue weighted by Crippen LogP contribution is -2.17. The lowest BCUT2D eigenvalue weighted by molar-refractivity contribution is -0.148. The first-order valence-electron chi connectivity index (χ1n) is 8.43. The predicted molar refractivity (Wildman–Crippen MR) is 90.5 cm³/mol. The van der Waals surface area contributed by atoms with E-state index in [1.165, 1.54) is 0 Å². The second-order valence-corrected chi connectivity index (χ2v) is 5.85. The van der Waals surface area contributed by atoms with Gasteiger partial charge in [-0.2, -0.15) is 0 Å². The van der Waals surface area contributed by atoms with Crippen LogP contribution in [0.5, 0.6) is 0 Å². The van der Waals surface area contributed by atoms with Crippen LogP contribution in [-0.4, -0.2) is 17.9 Å². The Labute approximate surface area is 138 Å². The molecule has 2 atom stereocenters. The van der Waals surface area contributed by atoms with Gasteiger partial charge in [0.15, 0.2) is 5.78 Å². The molecular formula is C20H24O3. The van der Waals surface area contributed by atoms with Crippen LogP contribution in [0.15, 0.2) is 36.0 Å². The van der Waals surface area contributed by atoms with Gasteiger partial charge in [-0.25, -0.2) is 0 Å². The molecule has 0 amide bonds. The van der Waals surface area contributed by atoms with Crippen LogP contribution < -0.4 is 0 Å². The summed E-state index contributed by atoms with van der Waals surface area (Å²) in [5.41, 5.74) is 0.818. The maximum atomic E-state index is 12.0. The van der Waals surface area contributed by atoms with Crippen molar-refractivity contribution in [3.8, 4) is 11.8 Å². The predicted octanol–water partition coefficient (Wildman–Crippen LogP) is 3.90. The smallest absolute Gasteiger partial charge is 0.306 e. The van der Waals surface area contributed by atoms with Crippen LogP contribution in [0.4, 0.5) is 0 Å². The summed E-state index contributed by atoms with van der Waals surface area (Å²) >= 11 is 0. The third-order valence-corrected chi connectivity index (χ3v) is 4.00. The number of hydrogen-bond acceptors (Lipinski definition) is 3. The zero-order chi connectivity index (χ0) is 16.5. The first-order chi connectivity index (χ1) is 11.2. The van der Waals surface area contributed by atoms with E-state index in [0.29, 0.717) is 19.3 Å². The molecule has 3 nitrogen and oxygen atoms in total. The van der Waals surface area contributed by atoms with Gasteiger partial charge in [0, 0.05) is 37.2 Å². The topological polar surface area (TPSA) is 43.4 Å². The molecule has 0 aromatic heterocycles. The van der Waals surface area contributed by atoms with Crippen LogP contribution >= 0.6 is 0 Å². The van der Waals surface area contributed by atoms with Crippen molar-refractivity contribution in [2.45, 2.75) is 58.0 Å². The maximum Gasteiger partial charge on any atom is 0.306 e. The fourth-order valence-corrected chi connectivity index (χ4v) is 2.76. The minimum atomic E-state index is -0.267. The van der Waals surface area contributed by atoms with Crippen LogP contribution in [0.1, 0.15) is 51.9 Å². The molecule has 23 heavy (non-hydrogen) atoms. The molecule has 1 aliphatic carbocycles. The number of ether oxygens (including phenoxy) is 1. The van der Waals surface area contributed by atoms with E-state index >= 15 is 0 Å². The summed E-state index contributed by atoms with van der Waals surface area (Å²) in [4.78, 5) is 23.9. The second-order valence-electron chi connectivity index (χ2n) is 5.85. The van der Waals surface area contributed by atoms with Crippen LogP contribution in [-0.2, 0) is 14.3 Å². The van der Waals surface area contributed by atoms with E-state index in [9.17, 15) is 9.59 Å². The SMILES string of the molecule is CCC#CCC1C/C=C2/C(=O)C=C[C@@H]2C/C=C\CCCC(=O)O1. The molecule has 0 aromatic rings. The highest BCUT2D eigenvalue weighted by Crippen LogP contribution is 2.26. The Kier molecular flexibility index (Phi) is 6.87. The number of rotatable bonds is 1. The van der Waals surface area contributed by atoms with Crippen LogP contribution in [0, 0.1) is 17.8 Å². The minimum absolute atomic E-state index is 0.0722. The highest BCUT2D eigenvalue weighted by Gasteiger charge is 2.23. The molecule has 0 radical (unpaired) electrons. The van der Waals surface area contributed by atoms with Crippen molar-refractivity contribution in [3.05, 3.63) is 36.0 Å². The van der Waals surface area contributed by atoms with E-state index in [0.717, 1.165) is 31.3 Å². The largest absolute Gasteiger partial charge is 0.461 e. The highest BCUT2D eigenvalue weighted by atomic mass is 16.5. The Bertz CT molecular complexity index is 584. The minimum Gasteiger partial charge on any atom is -0.461 e. The standard InChI is InChI=1S/C20H24O3/c1-2-3-6-10-17-13-14-18-16(12-15-19(18)21)9-7-4-5-8-11-20(22)23-17/h4,7,12,14-17H,2,5,8-11,13H2,1H3/b7-4-,18-14+/t16-,17?/m0/s1. The van der Waals surface area contributed by atoms with Gasteiger partial charge in [-0.1, -0.05) is 37.1 Å². The molecule has 0 N–H and O–H groups in total. The van der Waals surface area contributed by atoms with Gasteiger partial charge < -0.3 is 4.74 Å². The Balaban J connectivity index is 2.13. The Hall–Kier alpha value is -2.08. The number of fused-ring (bicyclic) bond motifs is 1. The van der Waals surface area contributed by atoms with E-state index in [4.69, 9.17) is 4.74 Å². The lowest BCUT2D eigenvalue weighted by Gasteiger charge is -2.15. The zero-order valence-corrected chi connectivity index (χ0v) is 13.7. The molecule has 0 bridgehead atoms. The molecule has 122 valence electrons. The first kappa shape index (κ1) is 17.3. The van der Waals surface area contributed by atoms with Gasteiger partial charge in [0.1, 0.15) is 6.10 Å². The molecular weight excluding hydrogens is 288 g/mol. The van der Waals surface area contributed by atoms with Gasteiger partial charge >= 0.3 is 5.97 Å². The van der Waals surface area contributed by atoms with Crippen LogP contribution in [0.3, 0.4) is 0 Å². The van der Waals surface area contributed by atoms with Crippen molar-refractivity contribution in [2.24, 2.45) is 5.92 Å². The molecule has 1 aliphatic heterocycles. The molecule has 3 heteroatoms. The van der Waals surface area contributed by atoms with E-state index in [1.807, 2.05) is 19.1 Å². The van der Waals surface area contributed by atoms with Crippen molar-refractivity contribution in [1.82, 2.24) is 0 Å². The summed E-state index contributed by atoms with van der Waals surface area (Å²) < 4.78 is 5.55. The molecule has 1 heterocycles. The highest BCUT2D eigenvalue weighted by molar-refractivity contribution is 6.07. The van der Waals surface area contributed by atoms with Crippen molar-refractivity contribution >= 4 is 11.8 Å². The number of ketones is 1. The summed E-state index contributed by atoms with van der Waals surface area (Å²) in [7, 11) is 0. The average Bonchev–Trinajstić information content (AvgIpc) is 2.88. The summed E-state index contributed by atoms with van der Waals surface area (Å²) in [6, 6.07) is 0. The summed E-state index contributed by atoms with van der Waals surface area (Å²) in [6.07, 6.45) is 14.3. The second kappa shape index (κ2) is 9.15. The molecule has 2 rings (SSSR count). The third kappa shape index (κ3) is 5.56. The van der Waals surface area contributed by atoms with Crippen molar-refractivity contribution < 1.29 is 14.3 Å². The normalized spacial score (nSPS) is 28.8. The van der Waals surface area contributed by atoms with E-state index in [1.54, 1.807) is 6.08 Å². The Morgan fingerprint density at radius 3 is 2.91 bits per heavy atom. The Morgan fingerprint density at radius 1 is 1.22 bits per heavy atom. The summed E-state index contributed by atoms with van der Waals surface area (Å²) in [5, 5.41) is 0. The molecule has 0 spiro atoms. The summed E-state index contributed by atoms with van der Waals surface area (Å²) in [6.45, 7) is 1.99. The quantitative estimate of drug-likeness (QED) is 0.419. The number of carbonyl (C=O) groups excluding carboxylic acids is 2. The van der Waals surface area contributed by atoms with E-state index in [-0.39, 0.29) is 23.8 Å². The van der Waals surface area contributed by atoms with Gasteiger partial charge in [0.05, 0.1) is 0 Å². The third-order valence-electron chi connectivity index (χ3n) is 4.00. The van der Waals surface area contributed by atoms with Gasteiger partial charge in [-0.05, 0) is 25.3 Å². The van der Waals surface area contributed by atoms with Gasteiger partial charge in [0.2, 0.25) is 0 Å². The number of carbonyl (C=O) groups is 2. The lowest BCUT2D eigenvalue weighted by atomic mass is 9.96. The molecule has 2 aliphatic rings. The Morgan fingerprint density at radius 2 is 2.09 bits per heavy atom. The average molecular weight is 312 g/mol. The number of esters is 1. The monoisotopic (exact) mass is 312 g/mol. The number of allylic oxidation sites excluding steroid dienone is 5. The fraction of sp³-hybridized carbons (Fsp3) is 0.500. The molecule has 1 unspecified atom stereocenters. The van der Waals surface area contributed by atoms with Crippen LogP contribution in [0.2, 0.25) is 0 Å². The molecule has 0 aromatic carbocycles. The van der Waals surface area contributed by atoms with Crippen LogP contribution in [0.25, 0.3) is 0 Å². The van der Waals surface area contributed by atoms with Crippen molar-refractivity contribution in [2.75, 3.05) is 0 Å². The van der Waals surface area contributed by atoms with Gasteiger partial charge in [-0.15, -0.1) is 5.92 Å². The number of cyclic esters (lactones) is 1. The van der Waals surface area contributed by atoms with E-state index in [2.05, 4.69) is 24.0 Å². The van der Waals surface area contributed by atoms with Crippen molar-refractivity contribution in [1.29, 1.82) is 0 Å². The van der Waals surface area contributed by atoms with Gasteiger partial charge in [-0.3, -0.25) is 9.59 Å².